The number of ether oxygens (including phenoxy) is 1. The number of hydrogen-bond donors (Lipinski definition) is 1. The Labute approximate surface area is 153 Å². The number of amides is 1. The molecule has 140 valence electrons. The molecule has 0 radical (unpaired) electrons. The van der Waals surface area contributed by atoms with E-state index < -0.39 is 24.3 Å². The second-order valence-corrected chi connectivity index (χ2v) is 5.94. The Morgan fingerprint density at radius 2 is 1.81 bits per heavy atom. The topological polar surface area (TPSA) is 68.5 Å². The lowest BCUT2D eigenvalue weighted by molar-refractivity contribution is -0.124. The van der Waals surface area contributed by atoms with Crippen LogP contribution in [0, 0.1) is 18.6 Å². The van der Waals surface area contributed by atoms with E-state index in [1.165, 1.54) is 18.2 Å². The monoisotopic (exact) mass is 373 g/mol. The number of nitrogens with one attached hydrogen (secondary N) is 1. The van der Waals surface area contributed by atoms with Crippen molar-refractivity contribution in [2.24, 2.45) is 0 Å². The van der Waals surface area contributed by atoms with Gasteiger partial charge in [-0.25, -0.2) is 13.6 Å². The number of benzene rings is 2. The maximum Gasteiger partial charge on any atom is 0.375 e. The lowest BCUT2D eigenvalue weighted by atomic mass is 10.1. The van der Waals surface area contributed by atoms with E-state index in [4.69, 9.17) is 9.15 Å². The minimum atomic E-state index is -0.854. The maximum absolute atomic E-state index is 13.7. The van der Waals surface area contributed by atoms with Crippen LogP contribution in [0.5, 0.6) is 0 Å². The van der Waals surface area contributed by atoms with Gasteiger partial charge in [0.1, 0.15) is 5.82 Å². The average molecular weight is 373 g/mol. The highest BCUT2D eigenvalue weighted by Crippen LogP contribution is 2.27. The van der Waals surface area contributed by atoms with Crippen LogP contribution in [0.15, 0.2) is 46.9 Å². The zero-order chi connectivity index (χ0) is 19.4. The van der Waals surface area contributed by atoms with Crippen molar-refractivity contribution in [1.29, 1.82) is 0 Å². The Hall–Kier alpha value is -3.22. The quantitative estimate of drug-likeness (QED) is 0.671. The fourth-order valence-electron chi connectivity index (χ4n) is 2.69. The molecular formula is C20H17F2NO4. The van der Waals surface area contributed by atoms with Crippen LogP contribution in [0.3, 0.4) is 0 Å². The molecular weight excluding hydrogens is 356 g/mol. The molecule has 0 spiro atoms. The van der Waals surface area contributed by atoms with Crippen LogP contribution in [-0.2, 0) is 16.0 Å². The van der Waals surface area contributed by atoms with Crippen molar-refractivity contribution >= 4 is 22.8 Å². The van der Waals surface area contributed by atoms with E-state index >= 15 is 0 Å². The molecule has 2 aromatic carbocycles. The number of rotatable bonds is 6. The van der Waals surface area contributed by atoms with Crippen LogP contribution in [-0.4, -0.2) is 25.0 Å². The van der Waals surface area contributed by atoms with Crippen LogP contribution < -0.4 is 5.32 Å². The van der Waals surface area contributed by atoms with Crippen LogP contribution in [0.4, 0.5) is 8.78 Å². The number of furan rings is 1. The Morgan fingerprint density at radius 1 is 1.07 bits per heavy atom. The third-order valence-electron chi connectivity index (χ3n) is 4.11. The number of esters is 1. The molecule has 0 aliphatic heterocycles. The third kappa shape index (κ3) is 4.13. The van der Waals surface area contributed by atoms with Gasteiger partial charge in [0, 0.05) is 17.5 Å². The Kier molecular flexibility index (Phi) is 5.49. The highest BCUT2D eigenvalue weighted by atomic mass is 19.1. The lowest BCUT2D eigenvalue weighted by Crippen LogP contribution is -2.30. The predicted molar refractivity (Wildman–Crippen MR) is 94.3 cm³/mol. The molecule has 0 unspecified atom stereocenters. The van der Waals surface area contributed by atoms with Gasteiger partial charge in [0.25, 0.3) is 5.91 Å². The first kappa shape index (κ1) is 18.6. The van der Waals surface area contributed by atoms with Crippen LogP contribution in [0.1, 0.15) is 21.7 Å². The Bertz CT molecular complexity index is 997. The third-order valence-corrected chi connectivity index (χ3v) is 4.11. The van der Waals surface area contributed by atoms with Crippen molar-refractivity contribution in [2.45, 2.75) is 13.3 Å². The van der Waals surface area contributed by atoms with Gasteiger partial charge in [0.15, 0.2) is 18.0 Å². The number of fused-ring (bicyclic) bond motifs is 1. The van der Waals surface area contributed by atoms with E-state index in [9.17, 15) is 18.4 Å². The predicted octanol–water partition coefficient (Wildman–Crippen LogP) is 3.54. The number of para-hydroxylation sites is 1. The summed E-state index contributed by atoms with van der Waals surface area (Å²) in [4.78, 5) is 23.9. The standard InChI is InChI=1S/C20H17F2NO4/c1-12-14-6-4-8-16(22)19(14)27-18(12)20(25)26-11-17(24)23-10-9-13-5-2-3-7-15(13)21/h2-8H,9-11H2,1H3,(H,23,24). The Balaban J connectivity index is 1.53. The molecule has 0 atom stereocenters. The first-order valence-corrected chi connectivity index (χ1v) is 8.32. The lowest BCUT2D eigenvalue weighted by Gasteiger charge is -2.07. The largest absolute Gasteiger partial charge is 0.450 e. The summed E-state index contributed by atoms with van der Waals surface area (Å²) in [5.41, 5.74) is 0.889. The van der Waals surface area contributed by atoms with E-state index in [0.29, 0.717) is 22.9 Å². The van der Waals surface area contributed by atoms with Gasteiger partial charge in [-0.1, -0.05) is 30.3 Å². The molecule has 27 heavy (non-hydrogen) atoms. The molecule has 5 nitrogen and oxygen atoms in total. The van der Waals surface area contributed by atoms with E-state index in [2.05, 4.69) is 5.32 Å². The molecule has 1 aromatic heterocycles. The van der Waals surface area contributed by atoms with Crippen LogP contribution >= 0.6 is 0 Å². The molecule has 7 heteroatoms. The highest BCUT2D eigenvalue weighted by Gasteiger charge is 2.21. The summed E-state index contributed by atoms with van der Waals surface area (Å²) in [6.45, 7) is 1.29. The summed E-state index contributed by atoms with van der Waals surface area (Å²) < 4.78 is 37.4. The van der Waals surface area contributed by atoms with Crippen molar-refractivity contribution in [1.82, 2.24) is 5.32 Å². The normalized spacial score (nSPS) is 10.8. The smallest absolute Gasteiger partial charge is 0.375 e. The molecule has 0 aliphatic rings. The average Bonchev–Trinajstić information content (AvgIpc) is 3.00. The van der Waals surface area contributed by atoms with E-state index in [1.807, 2.05) is 0 Å². The SMILES string of the molecule is Cc1c(C(=O)OCC(=O)NCCc2ccccc2F)oc2c(F)cccc12. The van der Waals surface area contributed by atoms with Gasteiger partial charge in [-0.15, -0.1) is 0 Å². The number of hydrogen-bond acceptors (Lipinski definition) is 4. The van der Waals surface area contributed by atoms with Gasteiger partial charge in [-0.3, -0.25) is 4.79 Å². The molecule has 0 saturated carbocycles. The fourth-order valence-corrected chi connectivity index (χ4v) is 2.69. The summed E-state index contributed by atoms with van der Waals surface area (Å²) >= 11 is 0. The van der Waals surface area contributed by atoms with E-state index in [0.717, 1.165) is 0 Å². The van der Waals surface area contributed by atoms with Crippen molar-refractivity contribution in [2.75, 3.05) is 13.2 Å². The van der Waals surface area contributed by atoms with E-state index in [1.54, 1.807) is 31.2 Å². The minimum Gasteiger partial charge on any atom is -0.450 e. The van der Waals surface area contributed by atoms with Crippen molar-refractivity contribution in [3.63, 3.8) is 0 Å². The molecule has 3 rings (SSSR count). The number of aryl methyl sites for hydroxylation is 1. The molecule has 0 saturated heterocycles. The van der Waals surface area contributed by atoms with Gasteiger partial charge >= 0.3 is 5.97 Å². The summed E-state index contributed by atoms with van der Waals surface area (Å²) in [6, 6.07) is 10.6. The molecule has 1 heterocycles. The van der Waals surface area contributed by atoms with Crippen LogP contribution in [0.25, 0.3) is 11.0 Å². The van der Waals surface area contributed by atoms with E-state index in [-0.39, 0.29) is 23.7 Å². The first-order chi connectivity index (χ1) is 13.0. The Morgan fingerprint density at radius 3 is 2.56 bits per heavy atom. The first-order valence-electron chi connectivity index (χ1n) is 8.32. The summed E-state index contributed by atoms with van der Waals surface area (Å²) in [5, 5.41) is 3.01. The number of carbonyl (C=O) groups excluding carboxylic acids is 2. The van der Waals surface area contributed by atoms with Gasteiger partial charge in [-0.2, -0.15) is 0 Å². The molecule has 1 N–H and O–H groups in total. The van der Waals surface area contributed by atoms with Gasteiger partial charge in [0.05, 0.1) is 0 Å². The second kappa shape index (κ2) is 7.99. The highest BCUT2D eigenvalue weighted by molar-refractivity contribution is 5.96. The van der Waals surface area contributed by atoms with Crippen molar-refractivity contribution in [3.8, 4) is 0 Å². The fraction of sp³-hybridized carbons (Fsp3) is 0.200. The van der Waals surface area contributed by atoms with Gasteiger partial charge in [-0.05, 0) is 31.0 Å². The molecule has 0 fully saturated rings. The molecule has 1 amide bonds. The number of carbonyl (C=O) groups is 2. The number of halogens is 2. The van der Waals surface area contributed by atoms with Crippen LogP contribution in [0.2, 0.25) is 0 Å². The zero-order valence-corrected chi connectivity index (χ0v) is 14.6. The molecule has 0 bridgehead atoms. The van der Waals surface area contributed by atoms with Crippen molar-refractivity contribution < 1.29 is 27.5 Å². The van der Waals surface area contributed by atoms with Gasteiger partial charge < -0.3 is 14.5 Å². The van der Waals surface area contributed by atoms with Crippen molar-refractivity contribution in [3.05, 3.63) is 71.0 Å². The molecule has 3 aromatic rings. The summed E-state index contributed by atoms with van der Waals surface area (Å²) in [5.74, 6) is -2.45. The second-order valence-electron chi connectivity index (χ2n) is 5.94. The maximum atomic E-state index is 13.7. The minimum absolute atomic E-state index is 0.0312. The summed E-state index contributed by atoms with van der Waals surface area (Å²) in [7, 11) is 0. The molecule has 0 aliphatic carbocycles. The zero-order valence-electron chi connectivity index (χ0n) is 14.6. The summed E-state index contributed by atoms with van der Waals surface area (Å²) in [6.07, 6.45) is 0.314. The van der Waals surface area contributed by atoms with Gasteiger partial charge in [0.2, 0.25) is 5.76 Å².